The van der Waals surface area contributed by atoms with E-state index in [-0.39, 0.29) is 12.0 Å². The molecule has 2 fully saturated rings. The van der Waals surface area contributed by atoms with Crippen LogP contribution in [0.25, 0.3) is 10.9 Å². The van der Waals surface area contributed by atoms with Gasteiger partial charge >= 0.3 is 6.09 Å². The molecule has 4 rings (SSSR count). The minimum Gasteiger partial charge on any atom is -0.444 e. The van der Waals surface area contributed by atoms with Crippen molar-refractivity contribution in [1.82, 2.24) is 19.3 Å². The predicted molar refractivity (Wildman–Crippen MR) is 131 cm³/mol. The largest absolute Gasteiger partial charge is 0.444 e. The van der Waals surface area contributed by atoms with Gasteiger partial charge in [0, 0.05) is 74.0 Å². The molecule has 2 aliphatic heterocycles. The van der Waals surface area contributed by atoms with Crippen molar-refractivity contribution < 1.29 is 14.3 Å². The fraction of sp³-hybridized carbons (Fsp3) is 0.615. The van der Waals surface area contributed by atoms with Crippen LogP contribution in [-0.4, -0.2) is 82.2 Å². The number of benzene rings is 1. The van der Waals surface area contributed by atoms with Gasteiger partial charge in [0.2, 0.25) is 0 Å². The maximum Gasteiger partial charge on any atom is 0.410 e. The summed E-state index contributed by atoms with van der Waals surface area (Å²) in [6.45, 7) is 14.9. The number of ether oxygens (including phenoxy) is 1. The summed E-state index contributed by atoms with van der Waals surface area (Å²) in [4.78, 5) is 31.6. The zero-order chi connectivity index (χ0) is 23.8. The quantitative estimate of drug-likeness (QED) is 0.691. The zero-order valence-corrected chi connectivity index (χ0v) is 20.7. The predicted octanol–water partition coefficient (Wildman–Crippen LogP) is 4.38. The van der Waals surface area contributed by atoms with E-state index in [1.54, 1.807) is 0 Å². The molecular weight excluding hydrogens is 416 g/mol. The Morgan fingerprint density at radius 3 is 2.21 bits per heavy atom. The first kappa shape index (κ1) is 23.6. The first-order chi connectivity index (χ1) is 15.6. The van der Waals surface area contributed by atoms with Crippen molar-refractivity contribution in [2.45, 2.75) is 65.1 Å². The number of amides is 2. The molecule has 2 aliphatic rings. The van der Waals surface area contributed by atoms with Crippen molar-refractivity contribution in [3.8, 4) is 0 Å². The average molecular weight is 455 g/mol. The summed E-state index contributed by atoms with van der Waals surface area (Å²) in [5.41, 5.74) is 1.44. The molecule has 1 aromatic carbocycles. The van der Waals surface area contributed by atoms with E-state index >= 15 is 0 Å². The smallest absolute Gasteiger partial charge is 0.410 e. The molecule has 0 aliphatic carbocycles. The number of hydrogen-bond donors (Lipinski definition) is 0. The Kier molecular flexibility index (Phi) is 6.71. The van der Waals surface area contributed by atoms with Crippen LogP contribution in [0.4, 0.5) is 4.79 Å². The van der Waals surface area contributed by atoms with Crippen LogP contribution in [0.1, 0.15) is 63.9 Å². The van der Waals surface area contributed by atoms with Crippen LogP contribution in [0.15, 0.2) is 30.5 Å². The van der Waals surface area contributed by atoms with Gasteiger partial charge in [-0.3, -0.25) is 9.69 Å². The molecule has 7 heteroatoms. The Morgan fingerprint density at radius 2 is 1.61 bits per heavy atom. The van der Waals surface area contributed by atoms with Crippen molar-refractivity contribution in [2.24, 2.45) is 0 Å². The monoisotopic (exact) mass is 454 g/mol. The fourth-order valence-corrected chi connectivity index (χ4v) is 4.89. The fourth-order valence-electron chi connectivity index (χ4n) is 4.89. The van der Waals surface area contributed by atoms with Crippen LogP contribution in [0.5, 0.6) is 0 Å². The number of carbonyl (C=O) groups excluding carboxylic acids is 2. The number of rotatable bonds is 3. The van der Waals surface area contributed by atoms with Crippen molar-refractivity contribution >= 4 is 22.9 Å². The van der Waals surface area contributed by atoms with E-state index in [0.29, 0.717) is 25.2 Å². The Hall–Kier alpha value is -2.54. The summed E-state index contributed by atoms with van der Waals surface area (Å²) < 4.78 is 7.82. The highest BCUT2D eigenvalue weighted by Crippen LogP contribution is 2.29. The number of likely N-dealkylation sites (tertiary alicyclic amines) is 1. The highest BCUT2D eigenvalue weighted by molar-refractivity contribution is 5.98. The van der Waals surface area contributed by atoms with Gasteiger partial charge in [-0.1, -0.05) is 0 Å². The molecule has 1 aromatic heterocycles. The third-order valence-electron chi connectivity index (χ3n) is 6.81. The summed E-state index contributed by atoms with van der Waals surface area (Å²) in [5, 5.41) is 1.09. The standard InChI is InChI=1S/C26H38N4O3/c1-19(2)27-14-16-28(17-15-27)24(31)21-6-7-23-20(18-21)8-13-30(23)22-9-11-29(12-10-22)25(32)33-26(3,4)5/h6-8,13,18-19,22H,9-12,14-17H2,1-5H3. The third-order valence-corrected chi connectivity index (χ3v) is 6.81. The highest BCUT2D eigenvalue weighted by atomic mass is 16.6. The molecule has 3 heterocycles. The molecule has 0 radical (unpaired) electrons. The number of nitrogens with zero attached hydrogens (tertiary/aromatic N) is 4. The first-order valence-electron chi connectivity index (χ1n) is 12.2. The maximum absolute atomic E-state index is 13.1. The lowest BCUT2D eigenvalue weighted by atomic mass is 10.0. The number of aromatic nitrogens is 1. The zero-order valence-electron chi connectivity index (χ0n) is 20.7. The molecule has 2 aromatic rings. The average Bonchev–Trinajstić information content (AvgIpc) is 3.21. The summed E-state index contributed by atoms with van der Waals surface area (Å²) in [7, 11) is 0. The van der Waals surface area contributed by atoms with Crippen molar-refractivity contribution in [1.29, 1.82) is 0 Å². The van der Waals surface area contributed by atoms with E-state index in [4.69, 9.17) is 4.74 Å². The number of fused-ring (bicyclic) bond motifs is 1. The maximum atomic E-state index is 13.1. The van der Waals surface area contributed by atoms with Crippen LogP contribution in [0, 0.1) is 0 Å². The molecule has 0 spiro atoms. The second kappa shape index (κ2) is 9.37. The molecule has 0 bridgehead atoms. The van der Waals surface area contributed by atoms with Gasteiger partial charge in [-0.15, -0.1) is 0 Å². The molecule has 180 valence electrons. The van der Waals surface area contributed by atoms with Crippen molar-refractivity contribution in [3.63, 3.8) is 0 Å². The number of carbonyl (C=O) groups is 2. The minimum absolute atomic E-state index is 0.124. The van der Waals surface area contributed by atoms with Crippen LogP contribution < -0.4 is 0 Å². The van der Waals surface area contributed by atoms with E-state index in [1.165, 1.54) is 0 Å². The van der Waals surface area contributed by atoms with E-state index in [0.717, 1.165) is 55.5 Å². The van der Waals surface area contributed by atoms with Crippen LogP contribution in [0.3, 0.4) is 0 Å². The normalized spacial score (nSPS) is 18.8. The summed E-state index contributed by atoms with van der Waals surface area (Å²) >= 11 is 0. The van der Waals surface area contributed by atoms with Gasteiger partial charge in [0.05, 0.1) is 0 Å². The third kappa shape index (κ3) is 5.35. The molecule has 33 heavy (non-hydrogen) atoms. The lowest BCUT2D eigenvalue weighted by molar-refractivity contribution is 0.0189. The van der Waals surface area contributed by atoms with E-state index in [2.05, 4.69) is 41.6 Å². The summed E-state index contributed by atoms with van der Waals surface area (Å²) in [6.07, 6.45) is 3.68. The van der Waals surface area contributed by atoms with Gasteiger partial charge in [0.1, 0.15) is 5.60 Å². The van der Waals surface area contributed by atoms with Gasteiger partial charge in [0.25, 0.3) is 5.91 Å². The Labute approximate surface area is 197 Å². The Bertz CT molecular complexity index is 991. The molecule has 0 N–H and O–H groups in total. The molecular formula is C26H38N4O3. The summed E-state index contributed by atoms with van der Waals surface area (Å²) in [5.74, 6) is 0.124. The second-order valence-electron chi connectivity index (χ2n) is 10.6. The van der Waals surface area contributed by atoms with Crippen molar-refractivity contribution in [3.05, 3.63) is 36.0 Å². The number of piperidine rings is 1. The number of hydrogen-bond acceptors (Lipinski definition) is 4. The van der Waals surface area contributed by atoms with E-state index in [1.807, 2.05) is 42.7 Å². The second-order valence-corrected chi connectivity index (χ2v) is 10.6. The van der Waals surface area contributed by atoms with Crippen molar-refractivity contribution in [2.75, 3.05) is 39.3 Å². The molecule has 7 nitrogen and oxygen atoms in total. The van der Waals surface area contributed by atoms with Gasteiger partial charge < -0.3 is 19.1 Å². The van der Waals surface area contributed by atoms with Crippen LogP contribution in [-0.2, 0) is 4.74 Å². The minimum atomic E-state index is -0.471. The van der Waals surface area contributed by atoms with Gasteiger partial charge in [-0.2, -0.15) is 0 Å². The molecule has 0 saturated carbocycles. The van der Waals surface area contributed by atoms with Gasteiger partial charge in [-0.25, -0.2) is 4.79 Å². The lowest BCUT2D eigenvalue weighted by Crippen LogP contribution is -2.50. The molecule has 0 atom stereocenters. The van der Waals surface area contributed by atoms with E-state index < -0.39 is 5.60 Å². The number of piperazine rings is 1. The van der Waals surface area contributed by atoms with Gasteiger partial charge in [0.15, 0.2) is 0 Å². The first-order valence-corrected chi connectivity index (χ1v) is 12.2. The molecule has 2 amide bonds. The molecule has 0 unspecified atom stereocenters. The topological polar surface area (TPSA) is 58.0 Å². The van der Waals surface area contributed by atoms with E-state index in [9.17, 15) is 9.59 Å². The lowest BCUT2D eigenvalue weighted by Gasteiger charge is -2.37. The molecule has 2 saturated heterocycles. The van der Waals surface area contributed by atoms with Crippen LogP contribution in [0.2, 0.25) is 0 Å². The van der Waals surface area contributed by atoms with Gasteiger partial charge in [-0.05, 0) is 71.7 Å². The van der Waals surface area contributed by atoms with Crippen LogP contribution >= 0.6 is 0 Å². The highest BCUT2D eigenvalue weighted by Gasteiger charge is 2.28. The SMILES string of the molecule is CC(C)N1CCN(C(=O)c2ccc3c(ccn3C3CCN(C(=O)OC(C)(C)C)CC3)c2)CC1. The Balaban J connectivity index is 1.40. The summed E-state index contributed by atoms with van der Waals surface area (Å²) in [6, 6.07) is 9.03. The Morgan fingerprint density at radius 1 is 0.939 bits per heavy atom.